The van der Waals surface area contributed by atoms with E-state index in [2.05, 4.69) is 51.5 Å². The van der Waals surface area contributed by atoms with Crippen LogP contribution in [0.3, 0.4) is 0 Å². The average Bonchev–Trinajstić information content (AvgIpc) is 2.99. The van der Waals surface area contributed by atoms with Gasteiger partial charge in [-0.15, -0.1) is 0 Å². The summed E-state index contributed by atoms with van der Waals surface area (Å²) in [5.41, 5.74) is 3.65. The largest absolute Gasteiger partial charge is 0.374 e. The van der Waals surface area contributed by atoms with Crippen LogP contribution in [0.5, 0.6) is 0 Å². The van der Waals surface area contributed by atoms with Crippen molar-refractivity contribution in [2.45, 2.75) is 0 Å². The summed E-state index contributed by atoms with van der Waals surface area (Å²) in [6.07, 6.45) is 6.36. The topological polar surface area (TPSA) is 35.6 Å². The smallest absolute Gasteiger partial charge is 0.257 e. The lowest BCUT2D eigenvalue weighted by Gasteiger charge is -2.33. The molecular weight excluding hydrogens is 358 g/mol. The van der Waals surface area contributed by atoms with Crippen molar-refractivity contribution in [2.24, 2.45) is 0 Å². The highest BCUT2D eigenvalue weighted by atomic mass is 35.5. The second kappa shape index (κ2) is 7.99. The first-order valence-corrected chi connectivity index (χ1v) is 9.58. The fourth-order valence-electron chi connectivity index (χ4n) is 3.45. The van der Waals surface area contributed by atoms with Gasteiger partial charge in [-0.3, -0.25) is 9.69 Å². The molecule has 5 heteroatoms. The second-order valence-corrected chi connectivity index (χ2v) is 7.27. The Balaban J connectivity index is 1.35. The van der Waals surface area contributed by atoms with Crippen LogP contribution in [0.4, 0.5) is 5.69 Å². The predicted molar refractivity (Wildman–Crippen MR) is 112 cm³/mol. The monoisotopic (exact) mass is 379 g/mol. The van der Waals surface area contributed by atoms with Gasteiger partial charge in [-0.25, -0.2) is 0 Å². The van der Waals surface area contributed by atoms with E-state index >= 15 is 0 Å². The molecule has 4 nitrogen and oxygen atoms in total. The molecule has 138 valence electrons. The third-order valence-corrected chi connectivity index (χ3v) is 5.19. The number of hydrogen-bond acceptors (Lipinski definition) is 3. The van der Waals surface area contributed by atoms with Crippen LogP contribution in [0.25, 0.3) is 11.6 Å². The van der Waals surface area contributed by atoms with E-state index < -0.39 is 0 Å². The van der Waals surface area contributed by atoms with Crippen LogP contribution in [0.1, 0.15) is 11.1 Å². The molecule has 0 bridgehead atoms. The van der Waals surface area contributed by atoms with Crippen molar-refractivity contribution in [1.29, 1.82) is 0 Å². The van der Waals surface area contributed by atoms with E-state index in [-0.39, 0.29) is 5.91 Å². The standard InChI is InChI=1S/C22H22ClN3O/c23-18-8-9-21-19(15-18)20(22(27)24-21)16-26-13-11-25(12-14-26)10-4-7-17-5-2-1-3-6-17/h1-9,15-16H,10-14H2,(H,24,27)/b7-4+,20-16+. The van der Waals surface area contributed by atoms with Crippen molar-refractivity contribution in [3.8, 4) is 0 Å². The van der Waals surface area contributed by atoms with Gasteiger partial charge in [0.15, 0.2) is 0 Å². The summed E-state index contributed by atoms with van der Waals surface area (Å²) in [6.45, 7) is 4.72. The van der Waals surface area contributed by atoms with Crippen molar-refractivity contribution < 1.29 is 4.79 Å². The Hall–Kier alpha value is -2.56. The van der Waals surface area contributed by atoms with Crippen LogP contribution in [0.2, 0.25) is 5.02 Å². The third kappa shape index (κ3) is 4.24. The van der Waals surface area contributed by atoms with E-state index in [9.17, 15) is 4.79 Å². The number of hydrogen-bond donors (Lipinski definition) is 1. The van der Waals surface area contributed by atoms with Gasteiger partial charge in [0.25, 0.3) is 5.91 Å². The summed E-state index contributed by atoms with van der Waals surface area (Å²) in [6, 6.07) is 15.9. The number of nitrogens with zero attached hydrogens (tertiary/aromatic N) is 2. The molecule has 2 aliphatic heterocycles. The number of carbonyl (C=O) groups is 1. The summed E-state index contributed by atoms with van der Waals surface area (Å²) in [5, 5.41) is 3.55. The van der Waals surface area contributed by atoms with Gasteiger partial charge in [-0.05, 0) is 23.8 Å². The minimum absolute atomic E-state index is 0.0551. The maximum atomic E-state index is 12.3. The van der Waals surface area contributed by atoms with Crippen molar-refractivity contribution in [1.82, 2.24) is 9.80 Å². The van der Waals surface area contributed by atoms with Gasteiger partial charge in [0.2, 0.25) is 0 Å². The molecule has 0 aliphatic carbocycles. The first-order chi connectivity index (χ1) is 13.2. The SMILES string of the molecule is O=C1Nc2ccc(Cl)cc2/C1=C\N1CCN(C/C=C/c2ccccc2)CC1. The number of rotatable bonds is 4. The van der Waals surface area contributed by atoms with Crippen molar-refractivity contribution in [2.75, 3.05) is 38.0 Å². The second-order valence-electron chi connectivity index (χ2n) is 6.84. The van der Waals surface area contributed by atoms with Gasteiger partial charge in [0.1, 0.15) is 0 Å². The highest BCUT2D eigenvalue weighted by Crippen LogP contribution is 2.34. The molecule has 2 aromatic rings. The van der Waals surface area contributed by atoms with Gasteiger partial charge >= 0.3 is 0 Å². The molecule has 2 aromatic carbocycles. The first-order valence-electron chi connectivity index (χ1n) is 9.20. The van der Waals surface area contributed by atoms with E-state index in [0.29, 0.717) is 10.6 Å². The summed E-state index contributed by atoms with van der Waals surface area (Å²) in [4.78, 5) is 16.9. The molecule has 0 radical (unpaired) electrons. The summed E-state index contributed by atoms with van der Waals surface area (Å²) >= 11 is 6.10. The molecule has 1 fully saturated rings. The minimum atomic E-state index is -0.0551. The van der Waals surface area contributed by atoms with Crippen LogP contribution in [0, 0.1) is 0 Å². The summed E-state index contributed by atoms with van der Waals surface area (Å²) in [7, 11) is 0. The van der Waals surface area contributed by atoms with Crippen molar-refractivity contribution in [3.63, 3.8) is 0 Å². The lowest BCUT2D eigenvalue weighted by Crippen LogP contribution is -2.44. The molecule has 1 N–H and O–H groups in total. The highest BCUT2D eigenvalue weighted by Gasteiger charge is 2.25. The summed E-state index contributed by atoms with van der Waals surface area (Å²) < 4.78 is 0. The van der Waals surface area contributed by atoms with Gasteiger partial charge in [-0.2, -0.15) is 0 Å². The molecule has 4 rings (SSSR count). The molecular formula is C22H22ClN3O. The molecule has 0 unspecified atom stereocenters. The van der Waals surface area contributed by atoms with Gasteiger partial charge in [0.05, 0.1) is 5.57 Å². The van der Waals surface area contributed by atoms with E-state index in [1.165, 1.54) is 5.56 Å². The highest BCUT2D eigenvalue weighted by molar-refractivity contribution is 6.34. The molecule has 2 heterocycles. The quantitative estimate of drug-likeness (QED) is 0.816. The number of nitrogens with one attached hydrogen (secondary N) is 1. The lowest BCUT2D eigenvalue weighted by molar-refractivity contribution is -0.110. The Labute approximate surface area is 164 Å². The molecule has 2 aliphatic rings. The Bertz CT molecular complexity index is 884. The number of fused-ring (bicyclic) bond motifs is 1. The molecule has 1 amide bonds. The van der Waals surface area contributed by atoms with Crippen molar-refractivity contribution in [3.05, 3.63) is 77.0 Å². The van der Waals surface area contributed by atoms with E-state index in [1.807, 2.05) is 24.4 Å². The number of halogens is 1. The number of benzene rings is 2. The number of carbonyl (C=O) groups excluding carboxylic acids is 1. The van der Waals surface area contributed by atoms with Gasteiger partial charge in [-0.1, -0.05) is 54.1 Å². The fraction of sp³-hybridized carbons (Fsp3) is 0.227. The van der Waals surface area contributed by atoms with Crippen LogP contribution in [0.15, 0.2) is 60.8 Å². The van der Waals surface area contributed by atoms with Crippen molar-refractivity contribution >= 4 is 34.8 Å². The van der Waals surface area contributed by atoms with Crippen LogP contribution >= 0.6 is 11.6 Å². The number of piperazine rings is 1. The first kappa shape index (κ1) is 17.8. The zero-order valence-corrected chi connectivity index (χ0v) is 15.8. The van der Waals surface area contributed by atoms with Crippen LogP contribution in [-0.2, 0) is 4.79 Å². The third-order valence-electron chi connectivity index (χ3n) is 4.96. The molecule has 27 heavy (non-hydrogen) atoms. The Morgan fingerprint density at radius 2 is 1.81 bits per heavy atom. The number of amides is 1. The van der Waals surface area contributed by atoms with Crippen LogP contribution in [-0.4, -0.2) is 48.4 Å². The Morgan fingerprint density at radius 3 is 2.59 bits per heavy atom. The zero-order valence-electron chi connectivity index (χ0n) is 15.1. The summed E-state index contributed by atoms with van der Waals surface area (Å²) in [5.74, 6) is -0.0551. The molecule has 0 spiro atoms. The normalized spacial score (nSPS) is 18.9. The molecule has 0 aromatic heterocycles. The number of anilines is 1. The molecule has 0 atom stereocenters. The maximum Gasteiger partial charge on any atom is 0.257 e. The van der Waals surface area contributed by atoms with Gasteiger partial charge < -0.3 is 10.2 Å². The lowest BCUT2D eigenvalue weighted by atomic mass is 10.1. The van der Waals surface area contributed by atoms with E-state index in [1.54, 1.807) is 6.07 Å². The van der Waals surface area contributed by atoms with Crippen LogP contribution < -0.4 is 5.32 Å². The Morgan fingerprint density at radius 1 is 1.04 bits per heavy atom. The fourth-order valence-corrected chi connectivity index (χ4v) is 3.62. The van der Waals surface area contributed by atoms with Gasteiger partial charge in [0, 0.05) is 55.2 Å². The predicted octanol–water partition coefficient (Wildman–Crippen LogP) is 3.96. The molecule has 0 saturated carbocycles. The molecule has 1 saturated heterocycles. The van der Waals surface area contributed by atoms with E-state index in [0.717, 1.165) is 44.0 Å². The maximum absolute atomic E-state index is 12.3. The van der Waals surface area contributed by atoms with E-state index in [4.69, 9.17) is 11.6 Å². The minimum Gasteiger partial charge on any atom is -0.374 e. The average molecular weight is 380 g/mol. The Kier molecular flexibility index (Phi) is 5.28. The zero-order chi connectivity index (χ0) is 18.6.